The Morgan fingerprint density at radius 2 is 1.95 bits per heavy atom. The first kappa shape index (κ1) is 13.7. The normalized spacial score (nSPS) is 17.1. The van der Waals surface area contributed by atoms with Crippen LogP contribution in [0.5, 0.6) is 0 Å². The highest BCUT2D eigenvalue weighted by Gasteiger charge is 2.31. The monoisotopic (exact) mass is 261 g/mol. The zero-order chi connectivity index (χ0) is 13.8. The maximum Gasteiger partial charge on any atom is 0.234 e. The van der Waals surface area contributed by atoms with Crippen LogP contribution in [-0.4, -0.2) is 23.5 Å². The summed E-state index contributed by atoms with van der Waals surface area (Å²) in [5.41, 5.74) is 1.68. The van der Waals surface area contributed by atoms with Gasteiger partial charge in [-0.2, -0.15) is 0 Å². The number of carbonyl (C=O) groups is 2. The summed E-state index contributed by atoms with van der Waals surface area (Å²) in [6.45, 7) is 2.06. The standard InChI is InChI=1S/C15H19NO3/c1-11-8-14(18)16(15(19)9-11)13-6-2-4-12(10-13)5-3-7-17/h2,4,6,10-11,17H,3,5,7-9H2,1H3. The van der Waals surface area contributed by atoms with Crippen LogP contribution < -0.4 is 4.90 Å². The minimum Gasteiger partial charge on any atom is -0.396 e. The topological polar surface area (TPSA) is 57.6 Å². The second-order valence-electron chi connectivity index (χ2n) is 5.13. The van der Waals surface area contributed by atoms with E-state index in [-0.39, 0.29) is 24.3 Å². The molecule has 1 aliphatic rings. The Bertz CT molecular complexity index is 466. The third-order valence-corrected chi connectivity index (χ3v) is 3.34. The maximum absolute atomic E-state index is 12.0. The molecule has 0 unspecified atom stereocenters. The summed E-state index contributed by atoms with van der Waals surface area (Å²) in [4.78, 5) is 25.3. The molecule has 1 heterocycles. The zero-order valence-corrected chi connectivity index (χ0v) is 11.1. The Morgan fingerprint density at radius 1 is 1.26 bits per heavy atom. The van der Waals surface area contributed by atoms with Crippen LogP contribution >= 0.6 is 0 Å². The van der Waals surface area contributed by atoms with Crippen molar-refractivity contribution in [3.05, 3.63) is 29.8 Å². The minimum absolute atomic E-state index is 0.122. The lowest BCUT2D eigenvalue weighted by molar-refractivity contribution is -0.130. The van der Waals surface area contributed by atoms with Crippen molar-refractivity contribution in [1.82, 2.24) is 0 Å². The Balaban J connectivity index is 2.20. The van der Waals surface area contributed by atoms with Gasteiger partial charge in [0, 0.05) is 19.4 Å². The zero-order valence-electron chi connectivity index (χ0n) is 11.1. The molecule has 2 rings (SSSR count). The van der Waals surface area contributed by atoms with E-state index in [2.05, 4.69) is 0 Å². The van der Waals surface area contributed by atoms with Crippen LogP contribution in [0.1, 0.15) is 31.7 Å². The van der Waals surface area contributed by atoms with Crippen LogP contribution in [0, 0.1) is 5.92 Å². The highest BCUT2D eigenvalue weighted by Crippen LogP contribution is 2.26. The van der Waals surface area contributed by atoms with Crippen molar-refractivity contribution in [2.24, 2.45) is 5.92 Å². The summed E-state index contributed by atoms with van der Waals surface area (Å²) in [6.07, 6.45) is 2.28. The molecule has 1 aromatic carbocycles. The molecule has 0 aromatic heterocycles. The third kappa shape index (κ3) is 3.20. The van der Waals surface area contributed by atoms with Crippen molar-refractivity contribution in [3.63, 3.8) is 0 Å². The highest BCUT2D eigenvalue weighted by atomic mass is 16.3. The summed E-state index contributed by atoms with van der Waals surface area (Å²) in [6, 6.07) is 7.44. The van der Waals surface area contributed by atoms with Crippen molar-refractivity contribution in [3.8, 4) is 0 Å². The molecular formula is C15H19NO3. The smallest absolute Gasteiger partial charge is 0.234 e. The Hall–Kier alpha value is -1.68. The molecule has 1 saturated heterocycles. The van der Waals surface area contributed by atoms with Crippen molar-refractivity contribution in [1.29, 1.82) is 0 Å². The Labute approximate surface area is 113 Å². The van der Waals surface area contributed by atoms with E-state index >= 15 is 0 Å². The number of nitrogens with zero attached hydrogens (tertiary/aromatic N) is 1. The van der Waals surface area contributed by atoms with E-state index in [1.807, 2.05) is 25.1 Å². The highest BCUT2D eigenvalue weighted by molar-refractivity contribution is 6.16. The lowest BCUT2D eigenvalue weighted by atomic mass is 9.97. The molecule has 1 aliphatic heterocycles. The van der Waals surface area contributed by atoms with E-state index in [0.717, 1.165) is 12.0 Å². The SMILES string of the molecule is CC1CC(=O)N(c2cccc(CCCO)c2)C(=O)C1. The van der Waals surface area contributed by atoms with Gasteiger partial charge in [-0.3, -0.25) is 14.5 Å². The van der Waals surface area contributed by atoms with Gasteiger partial charge in [0.25, 0.3) is 0 Å². The van der Waals surface area contributed by atoms with Gasteiger partial charge in [0.1, 0.15) is 0 Å². The maximum atomic E-state index is 12.0. The van der Waals surface area contributed by atoms with Gasteiger partial charge in [-0.05, 0) is 36.5 Å². The van der Waals surface area contributed by atoms with Gasteiger partial charge in [0.2, 0.25) is 11.8 Å². The number of benzene rings is 1. The number of carbonyl (C=O) groups excluding carboxylic acids is 2. The van der Waals surface area contributed by atoms with E-state index < -0.39 is 0 Å². The third-order valence-electron chi connectivity index (χ3n) is 3.34. The quantitative estimate of drug-likeness (QED) is 0.842. The number of imide groups is 1. The average molecular weight is 261 g/mol. The molecule has 0 bridgehead atoms. The first-order valence-electron chi connectivity index (χ1n) is 6.67. The fourth-order valence-corrected chi connectivity index (χ4v) is 2.41. The number of aryl methyl sites for hydroxylation is 1. The fourth-order valence-electron chi connectivity index (χ4n) is 2.41. The summed E-state index contributed by atoms with van der Waals surface area (Å²) >= 11 is 0. The van der Waals surface area contributed by atoms with Gasteiger partial charge in [-0.25, -0.2) is 0 Å². The molecule has 0 aliphatic carbocycles. The Morgan fingerprint density at radius 3 is 2.58 bits per heavy atom. The number of anilines is 1. The van der Waals surface area contributed by atoms with Crippen LogP contribution in [0.15, 0.2) is 24.3 Å². The number of hydrogen-bond donors (Lipinski definition) is 1. The average Bonchev–Trinajstić information content (AvgIpc) is 2.35. The first-order valence-corrected chi connectivity index (χ1v) is 6.67. The van der Waals surface area contributed by atoms with Crippen molar-refractivity contribution >= 4 is 17.5 Å². The lowest BCUT2D eigenvalue weighted by Gasteiger charge is -2.28. The van der Waals surface area contributed by atoms with Crippen molar-refractivity contribution in [2.75, 3.05) is 11.5 Å². The van der Waals surface area contributed by atoms with E-state index in [1.54, 1.807) is 6.07 Å². The van der Waals surface area contributed by atoms with E-state index in [1.165, 1.54) is 4.90 Å². The number of aliphatic hydroxyl groups is 1. The van der Waals surface area contributed by atoms with Gasteiger partial charge in [0.15, 0.2) is 0 Å². The number of rotatable bonds is 4. The number of piperidine rings is 1. The molecule has 0 saturated carbocycles. The second-order valence-corrected chi connectivity index (χ2v) is 5.13. The molecule has 19 heavy (non-hydrogen) atoms. The van der Waals surface area contributed by atoms with Gasteiger partial charge in [-0.1, -0.05) is 19.1 Å². The van der Waals surface area contributed by atoms with Crippen LogP contribution in [0.25, 0.3) is 0 Å². The van der Waals surface area contributed by atoms with Gasteiger partial charge >= 0.3 is 0 Å². The van der Waals surface area contributed by atoms with E-state index in [9.17, 15) is 9.59 Å². The largest absolute Gasteiger partial charge is 0.396 e. The van der Waals surface area contributed by atoms with Gasteiger partial charge in [0.05, 0.1) is 5.69 Å². The molecule has 102 valence electrons. The summed E-state index contributed by atoms with van der Waals surface area (Å²) in [5, 5.41) is 8.84. The summed E-state index contributed by atoms with van der Waals surface area (Å²) < 4.78 is 0. The van der Waals surface area contributed by atoms with Crippen molar-refractivity contribution < 1.29 is 14.7 Å². The van der Waals surface area contributed by atoms with E-state index in [4.69, 9.17) is 5.11 Å². The molecule has 1 fully saturated rings. The van der Waals surface area contributed by atoms with Crippen LogP contribution in [-0.2, 0) is 16.0 Å². The van der Waals surface area contributed by atoms with Crippen LogP contribution in [0.2, 0.25) is 0 Å². The molecule has 0 atom stereocenters. The molecule has 1 N–H and O–H groups in total. The van der Waals surface area contributed by atoms with E-state index in [0.29, 0.717) is 24.9 Å². The number of hydrogen-bond acceptors (Lipinski definition) is 3. The van der Waals surface area contributed by atoms with Gasteiger partial charge < -0.3 is 5.11 Å². The second kappa shape index (κ2) is 5.97. The minimum atomic E-state index is -0.122. The summed E-state index contributed by atoms with van der Waals surface area (Å²) in [7, 11) is 0. The predicted molar refractivity (Wildman–Crippen MR) is 72.7 cm³/mol. The number of aliphatic hydroxyl groups excluding tert-OH is 1. The molecule has 0 spiro atoms. The van der Waals surface area contributed by atoms with Crippen molar-refractivity contribution in [2.45, 2.75) is 32.6 Å². The number of amides is 2. The first-order chi connectivity index (χ1) is 9.11. The molecule has 0 radical (unpaired) electrons. The molecule has 2 amide bonds. The molecule has 4 nitrogen and oxygen atoms in total. The lowest BCUT2D eigenvalue weighted by Crippen LogP contribution is -2.42. The van der Waals surface area contributed by atoms with Crippen LogP contribution in [0.4, 0.5) is 5.69 Å². The van der Waals surface area contributed by atoms with Crippen LogP contribution in [0.3, 0.4) is 0 Å². The van der Waals surface area contributed by atoms with Gasteiger partial charge in [-0.15, -0.1) is 0 Å². The molecule has 1 aromatic rings. The Kier molecular flexibility index (Phi) is 4.32. The fraction of sp³-hybridized carbons (Fsp3) is 0.467. The predicted octanol–water partition coefficient (Wildman–Crippen LogP) is 1.90. The molecule has 4 heteroatoms. The molecular weight excluding hydrogens is 242 g/mol. The summed E-state index contributed by atoms with van der Waals surface area (Å²) in [5.74, 6) is -0.111.